The van der Waals surface area contributed by atoms with E-state index in [4.69, 9.17) is 0 Å². The van der Waals surface area contributed by atoms with Crippen molar-refractivity contribution in [3.8, 4) is 0 Å². The molecule has 0 bridgehead atoms. The zero-order valence-corrected chi connectivity index (χ0v) is 10.9. The molecule has 68 valence electrons. The van der Waals surface area contributed by atoms with Gasteiger partial charge in [0.2, 0.25) is 0 Å². The van der Waals surface area contributed by atoms with E-state index < -0.39 is 5.97 Å². The van der Waals surface area contributed by atoms with Gasteiger partial charge in [0, 0.05) is 0 Å². The minimum atomic E-state index is -1.11. The molecular formula is C10H15NaO2. The SMILES string of the molecule is CC(C)=CCCC(C)=CC(=O)[O-].[Na+]. The Hall–Kier alpha value is -0.0500. The van der Waals surface area contributed by atoms with Crippen molar-refractivity contribution in [2.24, 2.45) is 0 Å². The number of carbonyl (C=O) groups excluding carboxylic acids is 1. The number of carboxylic acid groups (broad SMARTS) is 1. The first-order valence-corrected chi connectivity index (χ1v) is 4.04. The van der Waals surface area contributed by atoms with E-state index in [1.54, 1.807) is 6.92 Å². The minimum Gasteiger partial charge on any atom is -0.545 e. The molecule has 0 N–H and O–H groups in total. The monoisotopic (exact) mass is 190 g/mol. The summed E-state index contributed by atoms with van der Waals surface area (Å²) in [5, 5.41) is 10.1. The molecule has 0 saturated heterocycles. The molecule has 0 aliphatic heterocycles. The third-order valence-electron chi connectivity index (χ3n) is 1.46. The Morgan fingerprint density at radius 1 is 1.31 bits per heavy atom. The Labute approximate surface area is 102 Å². The minimum absolute atomic E-state index is 0. The molecule has 0 rings (SSSR count). The molecule has 0 spiro atoms. The van der Waals surface area contributed by atoms with Gasteiger partial charge in [-0.05, 0) is 39.7 Å². The molecule has 2 nitrogen and oxygen atoms in total. The molecular weight excluding hydrogens is 175 g/mol. The number of carbonyl (C=O) groups is 1. The third-order valence-corrected chi connectivity index (χ3v) is 1.46. The van der Waals surface area contributed by atoms with E-state index in [9.17, 15) is 9.90 Å². The molecule has 0 atom stereocenters. The van der Waals surface area contributed by atoms with Crippen molar-refractivity contribution in [2.75, 3.05) is 0 Å². The van der Waals surface area contributed by atoms with Gasteiger partial charge in [0.05, 0.1) is 5.97 Å². The summed E-state index contributed by atoms with van der Waals surface area (Å²) in [6.07, 6.45) is 4.93. The average Bonchev–Trinajstić information content (AvgIpc) is 1.84. The quantitative estimate of drug-likeness (QED) is 0.305. The van der Waals surface area contributed by atoms with Gasteiger partial charge in [0.15, 0.2) is 0 Å². The topological polar surface area (TPSA) is 40.1 Å². The van der Waals surface area contributed by atoms with Crippen LogP contribution in [0.5, 0.6) is 0 Å². The second-order valence-corrected chi connectivity index (χ2v) is 3.13. The molecule has 0 unspecified atom stereocenters. The van der Waals surface area contributed by atoms with Gasteiger partial charge in [0.25, 0.3) is 0 Å². The van der Waals surface area contributed by atoms with Crippen LogP contribution in [0.2, 0.25) is 0 Å². The number of rotatable bonds is 4. The van der Waals surface area contributed by atoms with Crippen molar-refractivity contribution in [3.63, 3.8) is 0 Å². The fraction of sp³-hybridized carbons (Fsp3) is 0.500. The number of carboxylic acids is 1. The van der Waals surface area contributed by atoms with E-state index >= 15 is 0 Å². The van der Waals surface area contributed by atoms with Crippen LogP contribution >= 0.6 is 0 Å². The van der Waals surface area contributed by atoms with Crippen LogP contribution in [0.15, 0.2) is 23.3 Å². The first-order valence-electron chi connectivity index (χ1n) is 4.04. The van der Waals surface area contributed by atoms with Crippen LogP contribution in [0, 0.1) is 0 Å². The number of allylic oxidation sites excluding steroid dienone is 3. The summed E-state index contributed by atoms with van der Waals surface area (Å²) in [4.78, 5) is 10.1. The molecule has 0 heterocycles. The molecule has 13 heavy (non-hydrogen) atoms. The molecule has 0 aromatic carbocycles. The molecule has 0 saturated carbocycles. The number of hydrogen-bond acceptors (Lipinski definition) is 2. The fourth-order valence-electron chi connectivity index (χ4n) is 0.862. The third kappa shape index (κ3) is 12.0. The molecule has 0 aliphatic rings. The maximum atomic E-state index is 10.1. The van der Waals surface area contributed by atoms with Gasteiger partial charge in [-0.25, -0.2) is 0 Å². The van der Waals surface area contributed by atoms with Crippen LogP contribution < -0.4 is 34.7 Å². The summed E-state index contributed by atoms with van der Waals surface area (Å²) >= 11 is 0. The summed E-state index contributed by atoms with van der Waals surface area (Å²) in [6, 6.07) is 0. The van der Waals surface area contributed by atoms with Crippen LogP contribution in [0.1, 0.15) is 33.6 Å². The summed E-state index contributed by atoms with van der Waals surface area (Å²) in [6.45, 7) is 5.85. The maximum absolute atomic E-state index is 10.1. The van der Waals surface area contributed by atoms with Crippen molar-refractivity contribution in [3.05, 3.63) is 23.3 Å². The molecule has 0 fully saturated rings. The molecule has 0 aromatic heterocycles. The predicted octanol–water partition coefficient (Wildman–Crippen LogP) is -1.57. The van der Waals surface area contributed by atoms with Crippen molar-refractivity contribution < 1.29 is 39.5 Å². The first kappa shape index (κ1) is 15.4. The largest absolute Gasteiger partial charge is 1.00 e. The smallest absolute Gasteiger partial charge is 0.545 e. The number of aliphatic carboxylic acids is 1. The van der Waals surface area contributed by atoms with Gasteiger partial charge in [-0.3, -0.25) is 0 Å². The van der Waals surface area contributed by atoms with Crippen LogP contribution in [0.4, 0.5) is 0 Å². The van der Waals surface area contributed by atoms with Gasteiger partial charge in [-0.15, -0.1) is 0 Å². The molecule has 0 amide bonds. The van der Waals surface area contributed by atoms with Crippen molar-refractivity contribution in [2.45, 2.75) is 33.6 Å². The zero-order valence-electron chi connectivity index (χ0n) is 8.89. The maximum Gasteiger partial charge on any atom is 1.00 e. The molecule has 0 aliphatic carbocycles. The summed E-state index contributed by atoms with van der Waals surface area (Å²) < 4.78 is 0. The van der Waals surface area contributed by atoms with Gasteiger partial charge in [-0.2, -0.15) is 0 Å². The van der Waals surface area contributed by atoms with Crippen molar-refractivity contribution in [1.82, 2.24) is 0 Å². The van der Waals surface area contributed by atoms with Gasteiger partial charge >= 0.3 is 29.6 Å². The van der Waals surface area contributed by atoms with E-state index in [1.165, 1.54) is 5.57 Å². The second kappa shape index (κ2) is 8.54. The molecule has 0 radical (unpaired) electrons. The van der Waals surface area contributed by atoms with E-state index in [2.05, 4.69) is 6.08 Å². The summed E-state index contributed by atoms with van der Waals surface area (Å²) in [7, 11) is 0. The Morgan fingerprint density at radius 3 is 2.23 bits per heavy atom. The number of hydrogen-bond donors (Lipinski definition) is 0. The zero-order chi connectivity index (χ0) is 9.56. The average molecular weight is 190 g/mol. The van der Waals surface area contributed by atoms with Crippen molar-refractivity contribution >= 4 is 5.97 Å². The van der Waals surface area contributed by atoms with Crippen LogP contribution in [0.25, 0.3) is 0 Å². The van der Waals surface area contributed by atoms with E-state index in [-0.39, 0.29) is 29.6 Å². The fourth-order valence-corrected chi connectivity index (χ4v) is 0.862. The van der Waals surface area contributed by atoms with E-state index in [0.717, 1.165) is 24.5 Å². The summed E-state index contributed by atoms with van der Waals surface area (Å²) in [5.74, 6) is -1.11. The summed E-state index contributed by atoms with van der Waals surface area (Å²) in [5.41, 5.74) is 2.11. The predicted molar refractivity (Wildman–Crippen MR) is 47.4 cm³/mol. The van der Waals surface area contributed by atoms with Crippen LogP contribution in [-0.4, -0.2) is 5.97 Å². The Balaban J connectivity index is 0. The molecule has 3 heteroatoms. The molecule has 0 aromatic rings. The van der Waals surface area contributed by atoms with E-state index in [1.807, 2.05) is 13.8 Å². The van der Waals surface area contributed by atoms with Crippen molar-refractivity contribution in [1.29, 1.82) is 0 Å². The van der Waals surface area contributed by atoms with Gasteiger partial charge in [-0.1, -0.05) is 17.2 Å². The Kier molecular flexibility index (Phi) is 10.1. The standard InChI is InChI=1S/C10H16O2.Na/c1-8(2)5-4-6-9(3)7-10(11)12;/h5,7H,4,6H2,1-3H3,(H,11,12);/q;+1/p-1. The Bertz CT molecular complexity index is 213. The van der Waals surface area contributed by atoms with Gasteiger partial charge < -0.3 is 9.90 Å². The normalized spacial score (nSPS) is 10.2. The first-order chi connectivity index (χ1) is 5.52. The van der Waals surface area contributed by atoms with Gasteiger partial charge in [0.1, 0.15) is 0 Å². The van der Waals surface area contributed by atoms with Crippen LogP contribution in [0.3, 0.4) is 0 Å². The second-order valence-electron chi connectivity index (χ2n) is 3.13. The van der Waals surface area contributed by atoms with Crippen LogP contribution in [-0.2, 0) is 4.79 Å². The Morgan fingerprint density at radius 2 is 1.85 bits per heavy atom. The van der Waals surface area contributed by atoms with E-state index in [0.29, 0.717) is 0 Å².